The van der Waals surface area contributed by atoms with E-state index in [4.69, 9.17) is 9.47 Å². The first-order chi connectivity index (χ1) is 16.4. The van der Waals surface area contributed by atoms with Crippen molar-refractivity contribution in [3.63, 3.8) is 0 Å². The summed E-state index contributed by atoms with van der Waals surface area (Å²) in [6, 6.07) is 18.2. The lowest BCUT2D eigenvalue weighted by Gasteiger charge is -2.34. The van der Waals surface area contributed by atoms with Crippen LogP contribution in [0.2, 0.25) is 0 Å². The van der Waals surface area contributed by atoms with E-state index in [0.29, 0.717) is 12.2 Å². The number of fused-ring (bicyclic) bond motifs is 4. The van der Waals surface area contributed by atoms with Crippen molar-refractivity contribution < 1.29 is 19.1 Å². The van der Waals surface area contributed by atoms with Gasteiger partial charge in [-0.25, -0.2) is 9.59 Å². The summed E-state index contributed by atoms with van der Waals surface area (Å²) < 4.78 is 12.3. The average molecular weight is 451 g/mol. The number of benzene rings is 3. The van der Waals surface area contributed by atoms with Crippen LogP contribution in [0.5, 0.6) is 5.75 Å². The molecule has 0 amide bonds. The number of ether oxygens (including phenoxy) is 2. The number of hydrogen-bond acceptors (Lipinski definition) is 4. The van der Waals surface area contributed by atoms with Crippen LogP contribution in [-0.2, 0) is 4.74 Å². The van der Waals surface area contributed by atoms with E-state index in [1.54, 1.807) is 24.3 Å². The van der Waals surface area contributed by atoms with Gasteiger partial charge in [0.2, 0.25) is 0 Å². The molecule has 1 unspecified atom stereocenters. The molecule has 5 rings (SSSR count). The summed E-state index contributed by atoms with van der Waals surface area (Å²) in [5.41, 5.74) is 0.938. The summed E-state index contributed by atoms with van der Waals surface area (Å²) in [7, 11) is 0. The van der Waals surface area contributed by atoms with Gasteiger partial charge in [0, 0.05) is 11.1 Å². The third kappa shape index (κ3) is 3.56. The SMILES string of the molecule is C=c1cccc/c1=C1\c2c(ccc3c2=CCCC=3)OC(=O)c2ccccc2C(=O)OC1(C)CC. The van der Waals surface area contributed by atoms with Crippen molar-refractivity contribution in [1.82, 2.24) is 0 Å². The Morgan fingerprint density at radius 3 is 2.29 bits per heavy atom. The molecule has 1 aliphatic heterocycles. The van der Waals surface area contributed by atoms with Gasteiger partial charge in [-0.3, -0.25) is 0 Å². The summed E-state index contributed by atoms with van der Waals surface area (Å²) >= 11 is 0. The molecule has 1 atom stereocenters. The van der Waals surface area contributed by atoms with Gasteiger partial charge in [-0.15, -0.1) is 0 Å². The minimum Gasteiger partial charge on any atom is -0.451 e. The maximum absolute atomic E-state index is 13.4. The lowest BCUT2D eigenvalue weighted by Crippen LogP contribution is -2.44. The van der Waals surface area contributed by atoms with E-state index in [9.17, 15) is 9.59 Å². The number of rotatable bonds is 1. The van der Waals surface area contributed by atoms with E-state index in [-0.39, 0.29) is 11.1 Å². The lowest BCUT2D eigenvalue weighted by molar-refractivity contribution is 0.0124. The van der Waals surface area contributed by atoms with Crippen molar-refractivity contribution in [3.8, 4) is 5.75 Å². The Morgan fingerprint density at radius 2 is 1.56 bits per heavy atom. The molecule has 0 aromatic heterocycles. The van der Waals surface area contributed by atoms with Crippen molar-refractivity contribution in [1.29, 1.82) is 0 Å². The molecule has 0 saturated carbocycles. The van der Waals surface area contributed by atoms with Crippen LogP contribution in [0.15, 0.2) is 60.7 Å². The molecule has 3 aromatic carbocycles. The van der Waals surface area contributed by atoms with Crippen molar-refractivity contribution >= 4 is 36.2 Å². The van der Waals surface area contributed by atoms with Crippen molar-refractivity contribution in [2.24, 2.45) is 0 Å². The number of esters is 2. The van der Waals surface area contributed by atoms with Crippen molar-refractivity contribution in [2.45, 2.75) is 38.7 Å². The Morgan fingerprint density at radius 1 is 0.882 bits per heavy atom. The molecule has 34 heavy (non-hydrogen) atoms. The normalized spacial score (nSPS) is 21.0. The van der Waals surface area contributed by atoms with Gasteiger partial charge in [0.25, 0.3) is 0 Å². The van der Waals surface area contributed by atoms with E-state index in [2.05, 4.69) is 18.7 Å². The van der Waals surface area contributed by atoms with Crippen LogP contribution in [0.25, 0.3) is 24.3 Å². The summed E-state index contributed by atoms with van der Waals surface area (Å²) in [5.74, 6) is -0.698. The predicted molar refractivity (Wildman–Crippen MR) is 133 cm³/mol. The van der Waals surface area contributed by atoms with Gasteiger partial charge in [0.1, 0.15) is 11.4 Å². The quantitative estimate of drug-likeness (QED) is 0.422. The standard InChI is InChI=1S/C30H26O4/c1-4-30(3)27(21-13-7-5-11-19(21)2)26-22-14-8-6-12-20(22)17-18-25(26)33-28(31)23-15-9-10-16-24(23)29(32)34-30/h5,7,9-18H,2,4,6,8H2,1,3H3/b27-21-. The zero-order valence-electron chi connectivity index (χ0n) is 19.4. The second-order valence-corrected chi connectivity index (χ2v) is 8.87. The molecule has 0 bridgehead atoms. The summed E-state index contributed by atoms with van der Waals surface area (Å²) in [6.45, 7) is 8.18. The summed E-state index contributed by atoms with van der Waals surface area (Å²) in [4.78, 5) is 26.7. The van der Waals surface area contributed by atoms with Gasteiger partial charge in [-0.1, -0.05) is 68.1 Å². The van der Waals surface area contributed by atoms with E-state index in [0.717, 1.165) is 44.9 Å². The molecular formula is C30H26O4. The highest BCUT2D eigenvalue weighted by Crippen LogP contribution is 2.36. The first kappa shape index (κ1) is 21.9. The van der Waals surface area contributed by atoms with Gasteiger partial charge in [-0.2, -0.15) is 0 Å². The summed E-state index contributed by atoms with van der Waals surface area (Å²) in [5, 5.41) is 3.72. The van der Waals surface area contributed by atoms with Gasteiger partial charge in [-0.05, 0) is 65.3 Å². The molecule has 1 heterocycles. The summed E-state index contributed by atoms with van der Waals surface area (Å²) in [6.07, 6.45) is 6.70. The monoisotopic (exact) mass is 450 g/mol. The zero-order chi connectivity index (χ0) is 23.9. The van der Waals surface area contributed by atoms with Crippen LogP contribution in [0, 0.1) is 0 Å². The third-order valence-electron chi connectivity index (χ3n) is 6.75. The van der Waals surface area contributed by atoms with E-state index in [1.165, 1.54) is 0 Å². The van der Waals surface area contributed by atoms with Gasteiger partial charge >= 0.3 is 11.9 Å². The molecule has 1 aliphatic carbocycles. The molecular weight excluding hydrogens is 424 g/mol. The van der Waals surface area contributed by atoms with Crippen LogP contribution in [0.4, 0.5) is 0 Å². The molecule has 0 N–H and O–H groups in total. The van der Waals surface area contributed by atoms with Gasteiger partial charge in [0.05, 0.1) is 11.1 Å². The Bertz CT molecular complexity index is 1560. The van der Waals surface area contributed by atoms with Crippen LogP contribution in [0.3, 0.4) is 0 Å². The van der Waals surface area contributed by atoms with E-state index in [1.807, 2.05) is 50.2 Å². The molecule has 4 heteroatoms. The van der Waals surface area contributed by atoms with Gasteiger partial charge < -0.3 is 9.47 Å². The Kier molecular flexibility index (Phi) is 5.45. The molecule has 170 valence electrons. The van der Waals surface area contributed by atoms with Crippen LogP contribution in [0.1, 0.15) is 59.4 Å². The highest BCUT2D eigenvalue weighted by molar-refractivity contribution is 6.05. The number of carbonyl (C=O) groups is 2. The molecule has 0 radical (unpaired) electrons. The van der Waals surface area contributed by atoms with Crippen molar-refractivity contribution in [3.05, 3.63) is 98.2 Å². The Labute approximate surface area is 198 Å². The first-order valence-electron chi connectivity index (χ1n) is 11.6. The molecule has 0 fully saturated rings. The van der Waals surface area contributed by atoms with E-state index >= 15 is 0 Å². The second-order valence-electron chi connectivity index (χ2n) is 8.87. The maximum atomic E-state index is 13.4. The Balaban J connectivity index is 1.98. The number of carbonyl (C=O) groups excluding carboxylic acids is 2. The first-order valence-corrected chi connectivity index (χ1v) is 11.6. The number of cyclic esters (lactones) is 1. The minimum absolute atomic E-state index is 0.186. The van der Waals surface area contributed by atoms with Gasteiger partial charge in [0.15, 0.2) is 0 Å². The fourth-order valence-electron chi connectivity index (χ4n) is 4.82. The molecule has 0 saturated heterocycles. The fraction of sp³-hybridized carbons (Fsp3) is 0.200. The van der Waals surface area contributed by atoms with Crippen molar-refractivity contribution in [2.75, 3.05) is 0 Å². The zero-order valence-corrected chi connectivity index (χ0v) is 19.4. The predicted octanol–water partition coefficient (Wildman–Crippen LogP) is 3.21. The minimum atomic E-state index is -1.00. The molecule has 0 spiro atoms. The highest BCUT2D eigenvalue weighted by atomic mass is 16.6. The van der Waals surface area contributed by atoms with Crippen LogP contribution >= 0.6 is 0 Å². The highest BCUT2D eigenvalue weighted by Gasteiger charge is 2.38. The average Bonchev–Trinajstić information content (AvgIpc) is 2.85. The molecule has 4 nitrogen and oxygen atoms in total. The third-order valence-corrected chi connectivity index (χ3v) is 6.75. The Hall–Kier alpha value is -3.92. The number of hydrogen-bond donors (Lipinski definition) is 0. The lowest BCUT2D eigenvalue weighted by atomic mass is 9.82. The fourth-order valence-corrected chi connectivity index (χ4v) is 4.82. The van der Waals surface area contributed by atoms with Crippen LogP contribution < -0.4 is 25.6 Å². The topological polar surface area (TPSA) is 52.6 Å². The second kappa shape index (κ2) is 8.45. The smallest absolute Gasteiger partial charge is 0.344 e. The van der Waals surface area contributed by atoms with Crippen LogP contribution in [-0.4, -0.2) is 17.5 Å². The maximum Gasteiger partial charge on any atom is 0.344 e. The van der Waals surface area contributed by atoms with E-state index < -0.39 is 17.5 Å². The molecule has 3 aromatic rings. The molecule has 2 aliphatic rings. The largest absolute Gasteiger partial charge is 0.451 e.